The average molecular weight is 254 g/mol. The fourth-order valence-electron chi connectivity index (χ4n) is 0.987. The largest absolute Gasteiger partial charge is 0.497 e. The molecule has 1 rings (SSSR count). The van der Waals surface area contributed by atoms with Crippen LogP contribution in [0.2, 0.25) is 0 Å². The third kappa shape index (κ3) is 2.97. The topological polar surface area (TPSA) is 35.2 Å². The van der Waals surface area contributed by atoms with Gasteiger partial charge in [-0.15, -0.1) is 0 Å². The van der Waals surface area contributed by atoms with Gasteiger partial charge >= 0.3 is 0 Å². The highest BCUT2D eigenvalue weighted by molar-refractivity contribution is 9.09. The van der Waals surface area contributed by atoms with Crippen molar-refractivity contribution in [3.8, 4) is 17.6 Å². The summed E-state index contributed by atoms with van der Waals surface area (Å²) in [5.74, 6) is 6.77. The molecule has 0 unspecified atom stereocenters. The van der Waals surface area contributed by atoms with Crippen molar-refractivity contribution >= 4 is 21.6 Å². The second kappa shape index (κ2) is 5.56. The first-order valence-corrected chi connectivity index (χ1v) is 5.38. The maximum atomic E-state index is 5.78. The van der Waals surface area contributed by atoms with E-state index in [4.69, 9.17) is 10.5 Å². The summed E-state index contributed by atoms with van der Waals surface area (Å²) in [4.78, 5) is 0. The molecule has 0 aliphatic heterocycles. The van der Waals surface area contributed by atoms with Crippen LogP contribution in [0.5, 0.6) is 5.75 Å². The number of methoxy groups -OCH3 is 1. The molecular weight excluding hydrogens is 242 g/mol. The van der Waals surface area contributed by atoms with E-state index in [0.717, 1.165) is 23.1 Å². The van der Waals surface area contributed by atoms with Gasteiger partial charge in [-0.05, 0) is 12.1 Å². The highest BCUT2D eigenvalue weighted by Crippen LogP contribution is 2.18. The number of anilines is 1. The molecular formula is C11H12BrNO. The van der Waals surface area contributed by atoms with E-state index in [0.29, 0.717) is 5.69 Å². The highest BCUT2D eigenvalue weighted by Gasteiger charge is 1.97. The molecule has 0 aliphatic carbocycles. The van der Waals surface area contributed by atoms with E-state index in [1.54, 1.807) is 13.2 Å². The zero-order chi connectivity index (χ0) is 10.4. The molecule has 0 fully saturated rings. The van der Waals surface area contributed by atoms with Crippen LogP contribution in [0.1, 0.15) is 12.0 Å². The monoisotopic (exact) mass is 253 g/mol. The van der Waals surface area contributed by atoms with Gasteiger partial charge in [0.05, 0.1) is 12.8 Å². The van der Waals surface area contributed by atoms with Crippen molar-refractivity contribution in [3.63, 3.8) is 0 Å². The molecule has 0 aliphatic rings. The SMILES string of the molecule is COc1ccc(C#CCCBr)c(N)c1. The third-order valence-corrected chi connectivity index (χ3v) is 2.10. The summed E-state index contributed by atoms with van der Waals surface area (Å²) in [7, 11) is 1.62. The molecule has 1 aromatic rings. The van der Waals surface area contributed by atoms with Crippen molar-refractivity contribution in [2.75, 3.05) is 18.2 Å². The number of nitrogens with two attached hydrogens (primary N) is 1. The summed E-state index contributed by atoms with van der Waals surface area (Å²) in [5, 5.41) is 0.885. The standard InChI is InChI=1S/C11H12BrNO/c1-14-10-6-5-9(11(13)8-10)4-2-3-7-12/h5-6,8H,3,7,13H2,1H3. The van der Waals surface area contributed by atoms with E-state index in [2.05, 4.69) is 27.8 Å². The Kier molecular flexibility index (Phi) is 4.34. The summed E-state index contributed by atoms with van der Waals surface area (Å²) < 4.78 is 5.04. The van der Waals surface area contributed by atoms with Gasteiger partial charge in [0.25, 0.3) is 0 Å². The first-order chi connectivity index (χ1) is 6.77. The smallest absolute Gasteiger partial charge is 0.121 e. The van der Waals surface area contributed by atoms with Gasteiger partial charge in [0.1, 0.15) is 5.75 Å². The summed E-state index contributed by atoms with van der Waals surface area (Å²) in [5.41, 5.74) is 7.30. The molecule has 74 valence electrons. The van der Waals surface area contributed by atoms with Crippen LogP contribution in [0, 0.1) is 11.8 Å². The Morgan fingerprint density at radius 3 is 2.86 bits per heavy atom. The van der Waals surface area contributed by atoms with E-state index in [1.165, 1.54) is 0 Å². The number of halogens is 1. The van der Waals surface area contributed by atoms with Crippen LogP contribution >= 0.6 is 15.9 Å². The van der Waals surface area contributed by atoms with Gasteiger partial charge in [-0.1, -0.05) is 27.8 Å². The number of benzene rings is 1. The van der Waals surface area contributed by atoms with Crippen LogP contribution < -0.4 is 10.5 Å². The Hall–Kier alpha value is -1.14. The second-order valence-corrected chi connectivity index (χ2v) is 3.49. The van der Waals surface area contributed by atoms with Crippen molar-refractivity contribution in [1.82, 2.24) is 0 Å². The van der Waals surface area contributed by atoms with E-state index in [1.807, 2.05) is 12.1 Å². The molecule has 14 heavy (non-hydrogen) atoms. The van der Waals surface area contributed by atoms with Crippen molar-refractivity contribution in [2.45, 2.75) is 6.42 Å². The highest BCUT2D eigenvalue weighted by atomic mass is 79.9. The predicted octanol–water partition coefficient (Wildman–Crippen LogP) is 2.41. The van der Waals surface area contributed by atoms with Crippen LogP contribution in [0.4, 0.5) is 5.69 Å². The van der Waals surface area contributed by atoms with Crippen LogP contribution in [-0.4, -0.2) is 12.4 Å². The minimum Gasteiger partial charge on any atom is -0.497 e. The van der Waals surface area contributed by atoms with Gasteiger partial charge in [0, 0.05) is 23.4 Å². The molecule has 0 heterocycles. The zero-order valence-electron chi connectivity index (χ0n) is 8.01. The van der Waals surface area contributed by atoms with Crippen LogP contribution in [-0.2, 0) is 0 Å². The molecule has 2 nitrogen and oxygen atoms in total. The number of alkyl halides is 1. The molecule has 0 saturated heterocycles. The number of hydrogen-bond acceptors (Lipinski definition) is 2. The van der Waals surface area contributed by atoms with Crippen LogP contribution in [0.15, 0.2) is 18.2 Å². The lowest BCUT2D eigenvalue weighted by Crippen LogP contribution is -1.91. The van der Waals surface area contributed by atoms with E-state index in [-0.39, 0.29) is 0 Å². The number of hydrogen-bond donors (Lipinski definition) is 1. The first kappa shape index (κ1) is 10.9. The molecule has 0 saturated carbocycles. The van der Waals surface area contributed by atoms with Crippen LogP contribution in [0.3, 0.4) is 0 Å². The van der Waals surface area contributed by atoms with Crippen LogP contribution in [0.25, 0.3) is 0 Å². The molecule has 3 heteroatoms. The molecule has 0 atom stereocenters. The lowest BCUT2D eigenvalue weighted by atomic mass is 10.2. The van der Waals surface area contributed by atoms with Crippen molar-refractivity contribution < 1.29 is 4.74 Å². The van der Waals surface area contributed by atoms with Gasteiger partial charge in [0.15, 0.2) is 0 Å². The predicted molar refractivity (Wildman–Crippen MR) is 62.7 cm³/mol. The van der Waals surface area contributed by atoms with Crippen molar-refractivity contribution in [2.24, 2.45) is 0 Å². The fraction of sp³-hybridized carbons (Fsp3) is 0.273. The molecule has 0 amide bonds. The maximum absolute atomic E-state index is 5.78. The van der Waals surface area contributed by atoms with E-state index in [9.17, 15) is 0 Å². The first-order valence-electron chi connectivity index (χ1n) is 4.26. The Morgan fingerprint density at radius 2 is 2.29 bits per heavy atom. The van der Waals surface area contributed by atoms with Gasteiger partial charge in [-0.25, -0.2) is 0 Å². The van der Waals surface area contributed by atoms with Gasteiger partial charge in [-0.3, -0.25) is 0 Å². The minimum absolute atomic E-state index is 0.659. The van der Waals surface area contributed by atoms with Crippen molar-refractivity contribution in [1.29, 1.82) is 0 Å². The minimum atomic E-state index is 0.659. The zero-order valence-corrected chi connectivity index (χ0v) is 9.60. The number of rotatable bonds is 2. The quantitative estimate of drug-likeness (QED) is 0.499. The van der Waals surface area contributed by atoms with E-state index >= 15 is 0 Å². The lowest BCUT2D eigenvalue weighted by Gasteiger charge is -2.02. The Labute approximate surface area is 92.6 Å². The normalized spacial score (nSPS) is 9.00. The van der Waals surface area contributed by atoms with E-state index < -0.39 is 0 Å². The fourth-order valence-corrected chi connectivity index (χ4v) is 1.18. The Bertz CT molecular complexity index is 365. The molecule has 0 aromatic heterocycles. The Morgan fingerprint density at radius 1 is 1.50 bits per heavy atom. The maximum Gasteiger partial charge on any atom is 0.121 e. The van der Waals surface area contributed by atoms with Gasteiger partial charge in [0.2, 0.25) is 0 Å². The molecule has 2 N–H and O–H groups in total. The van der Waals surface area contributed by atoms with Gasteiger partial charge < -0.3 is 10.5 Å². The van der Waals surface area contributed by atoms with Crippen molar-refractivity contribution in [3.05, 3.63) is 23.8 Å². The summed E-state index contributed by atoms with van der Waals surface area (Å²) in [6.07, 6.45) is 0.825. The average Bonchev–Trinajstić information content (AvgIpc) is 2.20. The molecule has 0 bridgehead atoms. The molecule has 0 radical (unpaired) electrons. The lowest BCUT2D eigenvalue weighted by molar-refractivity contribution is 0.415. The third-order valence-electron chi connectivity index (χ3n) is 1.70. The number of nitrogen functional groups attached to an aromatic ring is 1. The summed E-state index contributed by atoms with van der Waals surface area (Å²) in [6, 6.07) is 5.50. The second-order valence-electron chi connectivity index (χ2n) is 2.69. The number of ether oxygens (including phenoxy) is 1. The molecule has 1 aromatic carbocycles. The molecule has 0 spiro atoms. The summed E-state index contributed by atoms with van der Waals surface area (Å²) in [6.45, 7) is 0. The Balaban J connectivity index is 2.85. The van der Waals surface area contributed by atoms with Gasteiger partial charge in [-0.2, -0.15) is 0 Å². The summed E-state index contributed by atoms with van der Waals surface area (Å²) >= 11 is 3.31.